The molecule has 1 saturated heterocycles. The second kappa shape index (κ2) is 6.47. The summed E-state index contributed by atoms with van der Waals surface area (Å²) in [7, 11) is 3.76. The lowest BCUT2D eigenvalue weighted by Gasteiger charge is -2.31. The highest BCUT2D eigenvalue weighted by molar-refractivity contribution is 5.78. The van der Waals surface area contributed by atoms with Gasteiger partial charge in [-0.2, -0.15) is 5.10 Å². The molecule has 23 heavy (non-hydrogen) atoms. The third kappa shape index (κ3) is 3.25. The highest BCUT2D eigenvalue weighted by atomic mass is 16.2. The van der Waals surface area contributed by atoms with Crippen LogP contribution in [0.3, 0.4) is 0 Å². The lowest BCUT2D eigenvalue weighted by atomic mass is 9.95. The second-order valence-corrected chi connectivity index (χ2v) is 6.10. The summed E-state index contributed by atoms with van der Waals surface area (Å²) in [6, 6.07) is 2.02. The molecule has 8 nitrogen and oxygen atoms in total. The van der Waals surface area contributed by atoms with Gasteiger partial charge in [-0.25, -0.2) is 4.68 Å². The normalized spacial score (nSPS) is 16.0. The molecule has 8 heteroatoms. The first-order valence-corrected chi connectivity index (χ1v) is 8.10. The Bertz CT molecular complexity index is 682. The molecule has 0 aliphatic carbocycles. The Hall–Kier alpha value is -2.25. The summed E-state index contributed by atoms with van der Waals surface area (Å²) in [4.78, 5) is 14.5. The van der Waals surface area contributed by atoms with E-state index in [0.29, 0.717) is 12.3 Å². The molecule has 1 fully saturated rings. The van der Waals surface area contributed by atoms with E-state index in [0.717, 1.165) is 49.6 Å². The molecular weight excluding hydrogens is 294 g/mol. The van der Waals surface area contributed by atoms with Crippen LogP contribution in [0, 0.1) is 0 Å². The Morgan fingerprint density at radius 2 is 2.00 bits per heavy atom. The Kier molecular flexibility index (Phi) is 4.40. The Labute approximate surface area is 135 Å². The standard InChI is InChI=1S/C15H23N7O/c1-4-12-9-13(20(2)17-12)10-14(23)22-7-5-11(6-8-22)15-16-18-19-21(15)3/h9,11H,4-8,10H2,1-3H3. The highest BCUT2D eigenvalue weighted by Crippen LogP contribution is 2.26. The van der Waals surface area contributed by atoms with E-state index in [2.05, 4.69) is 27.5 Å². The van der Waals surface area contributed by atoms with Crippen molar-refractivity contribution in [2.24, 2.45) is 14.1 Å². The maximum absolute atomic E-state index is 12.5. The zero-order valence-electron chi connectivity index (χ0n) is 13.9. The summed E-state index contributed by atoms with van der Waals surface area (Å²) >= 11 is 0. The molecule has 0 saturated carbocycles. The fourth-order valence-electron chi connectivity index (χ4n) is 3.15. The minimum absolute atomic E-state index is 0.171. The molecule has 3 heterocycles. The van der Waals surface area contributed by atoms with Crippen LogP contribution in [0.1, 0.15) is 42.9 Å². The van der Waals surface area contributed by atoms with E-state index in [1.54, 1.807) is 4.68 Å². The van der Waals surface area contributed by atoms with Crippen LogP contribution in [0.4, 0.5) is 0 Å². The van der Waals surface area contributed by atoms with E-state index in [4.69, 9.17) is 0 Å². The molecule has 3 rings (SSSR count). The van der Waals surface area contributed by atoms with Gasteiger partial charge in [-0.3, -0.25) is 9.48 Å². The van der Waals surface area contributed by atoms with Crippen LogP contribution in [0.2, 0.25) is 0 Å². The van der Waals surface area contributed by atoms with E-state index < -0.39 is 0 Å². The fraction of sp³-hybridized carbons (Fsp3) is 0.667. The number of rotatable bonds is 4. The third-order valence-electron chi connectivity index (χ3n) is 4.59. The van der Waals surface area contributed by atoms with Crippen molar-refractivity contribution in [3.8, 4) is 0 Å². The summed E-state index contributed by atoms with van der Waals surface area (Å²) in [5.74, 6) is 1.42. The van der Waals surface area contributed by atoms with Crippen molar-refractivity contribution >= 4 is 5.91 Å². The first-order valence-electron chi connectivity index (χ1n) is 8.10. The van der Waals surface area contributed by atoms with Gasteiger partial charge < -0.3 is 4.90 Å². The summed E-state index contributed by atoms with van der Waals surface area (Å²) in [6.45, 7) is 3.59. The lowest BCUT2D eigenvalue weighted by Crippen LogP contribution is -2.39. The van der Waals surface area contributed by atoms with E-state index >= 15 is 0 Å². The number of amides is 1. The minimum Gasteiger partial charge on any atom is -0.342 e. The van der Waals surface area contributed by atoms with Crippen molar-refractivity contribution in [3.05, 3.63) is 23.3 Å². The van der Waals surface area contributed by atoms with E-state index in [-0.39, 0.29) is 5.91 Å². The zero-order valence-corrected chi connectivity index (χ0v) is 13.9. The Morgan fingerprint density at radius 3 is 2.57 bits per heavy atom. The van der Waals surface area contributed by atoms with Gasteiger partial charge in [-0.05, 0) is 35.8 Å². The van der Waals surface area contributed by atoms with E-state index in [1.165, 1.54) is 0 Å². The number of hydrogen-bond acceptors (Lipinski definition) is 5. The zero-order chi connectivity index (χ0) is 16.4. The maximum Gasteiger partial charge on any atom is 0.228 e. The number of aryl methyl sites for hydroxylation is 3. The number of likely N-dealkylation sites (tertiary alicyclic amines) is 1. The number of nitrogens with zero attached hydrogens (tertiary/aromatic N) is 7. The van der Waals surface area contributed by atoms with Gasteiger partial charge >= 0.3 is 0 Å². The smallest absolute Gasteiger partial charge is 0.228 e. The van der Waals surface area contributed by atoms with Crippen LogP contribution < -0.4 is 0 Å². The van der Waals surface area contributed by atoms with E-state index in [9.17, 15) is 4.79 Å². The number of piperidine rings is 1. The molecule has 1 amide bonds. The number of tetrazole rings is 1. The van der Waals surface area contributed by atoms with Gasteiger partial charge in [0.15, 0.2) is 5.82 Å². The molecule has 0 spiro atoms. The van der Waals surface area contributed by atoms with Crippen LogP contribution in [0.25, 0.3) is 0 Å². The van der Waals surface area contributed by atoms with Crippen molar-refractivity contribution in [1.82, 2.24) is 34.9 Å². The van der Waals surface area contributed by atoms with Crippen LogP contribution >= 0.6 is 0 Å². The third-order valence-corrected chi connectivity index (χ3v) is 4.59. The van der Waals surface area contributed by atoms with E-state index in [1.807, 2.05) is 29.7 Å². The second-order valence-electron chi connectivity index (χ2n) is 6.10. The summed E-state index contributed by atoms with van der Waals surface area (Å²) in [6.07, 6.45) is 3.12. The lowest BCUT2D eigenvalue weighted by molar-refractivity contribution is -0.131. The van der Waals surface area contributed by atoms with Crippen molar-refractivity contribution in [1.29, 1.82) is 0 Å². The first kappa shape index (κ1) is 15.6. The monoisotopic (exact) mass is 317 g/mol. The topological polar surface area (TPSA) is 81.7 Å². The molecule has 0 aromatic carbocycles. The number of carbonyl (C=O) groups is 1. The van der Waals surface area contributed by atoms with Crippen LogP contribution in [0.5, 0.6) is 0 Å². The van der Waals surface area contributed by atoms with Crippen molar-refractivity contribution in [2.75, 3.05) is 13.1 Å². The number of hydrogen-bond donors (Lipinski definition) is 0. The van der Waals surface area contributed by atoms with Crippen molar-refractivity contribution in [3.63, 3.8) is 0 Å². The average molecular weight is 317 g/mol. The molecule has 0 radical (unpaired) electrons. The molecule has 0 bridgehead atoms. The first-order chi connectivity index (χ1) is 11.1. The molecule has 0 N–H and O–H groups in total. The summed E-state index contributed by atoms with van der Waals surface area (Å²) in [5.41, 5.74) is 2.01. The van der Waals surface area contributed by atoms with Gasteiger partial charge in [-0.1, -0.05) is 6.92 Å². The van der Waals surface area contributed by atoms with Crippen molar-refractivity contribution in [2.45, 2.75) is 38.5 Å². The van der Waals surface area contributed by atoms with Gasteiger partial charge in [0, 0.05) is 38.8 Å². The number of carbonyl (C=O) groups excluding carboxylic acids is 1. The van der Waals surface area contributed by atoms with Gasteiger partial charge in [0.1, 0.15) is 0 Å². The van der Waals surface area contributed by atoms with Gasteiger partial charge in [0.05, 0.1) is 12.1 Å². The average Bonchev–Trinajstić information content (AvgIpc) is 3.13. The molecule has 1 aliphatic rings. The fourth-order valence-corrected chi connectivity index (χ4v) is 3.15. The molecule has 0 unspecified atom stereocenters. The number of aromatic nitrogens is 6. The van der Waals surface area contributed by atoms with Gasteiger partial charge in [0.2, 0.25) is 5.91 Å². The van der Waals surface area contributed by atoms with Crippen molar-refractivity contribution < 1.29 is 4.79 Å². The highest BCUT2D eigenvalue weighted by Gasteiger charge is 2.27. The molecular formula is C15H23N7O. The van der Waals surface area contributed by atoms with Crippen LogP contribution in [-0.2, 0) is 31.7 Å². The predicted molar refractivity (Wildman–Crippen MR) is 83.6 cm³/mol. The van der Waals surface area contributed by atoms with Gasteiger partial charge in [-0.15, -0.1) is 5.10 Å². The van der Waals surface area contributed by atoms with Crippen LogP contribution in [0.15, 0.2) is 6.07 Å². The predicted octanol–water partition coefficient (Wildman–Crippen LogP) is 0.455. The quantitative estimate of drug-likeness (QED) is 0.818. The van der Waals surface area contributed by atoms with Crippen LogP contribution in [-0.4, -0.2) is 53.9 Å². The molecule has 124 valence electrons. The molecule has 2 aromatic heterocycles. The Balaban J connectivity index is 1.58. The molecule has 0 atom stereocenters. The van der Waals surface area contributed by atoms with Gasteiger partial charge in [0.25, 0.3) is 0 Å². The summed E-state index contributed by atoms with van der Waals surface area (Å²) < 4.78 is 3.54. The maximum atomic E-state index is 12.5. The molecule has 2 aromatic rings. The minimum atomic E-state index is 0.171. The largest absolute Gasteiger partial charge is 0.342 e. The molecule has 1 aliphatic heterocycles. The summed E-state index contributed by atoms with van der Waals surface area (Å²) in [5, 5.41) is 16.1. The SMILES string of the molecule is CCc1cc(CC(=O)N2CCC(c3nnnn3C)CC2)n(C)n1. The Morgan fingerprint density at radius 1 is 1.26 bits per heavy atom.